The Morgan fingerprint density at radius 3 is 2.30 bits per heavy atom. The molecular formula is C20H17FN2O4. The molecule has 27 heavy (non-hydrogen) atoms. The molecule has 6 nitrogen and oxygen atoms in total. The van der Waals surface area contributed by atoms with E-state index in [0.717, 1.165) is 12.0 Å². The van der Waals surface area contributed by atoms with Gasteiger partial charge in [-0.15, -0.1) is 0 Å². The Hall–Kier alpha value is -3.06. The van der Waals surface area contributed by atoms with Crippen molar-refractivity contribution < 1.29 is 23.6 Å². The second kappa shape index (κ2) is 6.92. The summed E-state index contributed by atoms with van der Waals surface area (Å²) in [6.45, 7) is 1.14. The van der Waals surface area contributed by atoms with Crippen molar-refractivity contribution in [2.75, 3.05) is 6.54 Å². The highest BCUT2D eigenvalue weighted by Crippen LogP contribution is 2.26. The summed E-state index contributed by atoms with van der Waals surface area (Å²) in [4.78, 5) is 44.4. The quantitative estimate of drug-likeness (QED) is 0.776. The van der Waals surface area contributed by atoms with Gasteiger partial charge in [-0.2, -0.15) is 0 Å². The van der Waals surface area contributed by atoms with Gasteiger partial charge in [0.05, 0.1) is 11.1 Å². The number of likely N-dealkylation sites (tertiary alicyclic amines) is 1. The number of hydroxylamine groups is 2. The zero-order valence-corrected chi connectivity index (χ0v) is 14.4. The van der Waals surface area contributed by atoms with Crippen LogP contribution in [0.1, 0.15) is 39.1 Å². The molecule has 2 aromatic carbocycles. The number of rotatable bonds is 4. The fourth-order valence-electron chi connectivity index (χ4n) is 3.51. The molecule has 0 aromatic heterocycles. The van der Waals surface area contributed by atoms with Gasteiger partial charge in [0, 0.05) is 6.54 Å². The third-order valence-corrected chi connectivity index (χ3v) is 4.87. The molecule has 7 heteroatoms. The predicted octanol–water partition coefficient (Wildman–Crippen LogP) is 2.54. The summed E-state index contributed by atoms with van der Waals surface area (Å²) in [5, 5.41) is 0.543. The van der Waals surface area contributed by atoms with E-state index in [4.69, 9.17) is 4.84 Å². The minimum absolute atomic E-state index is 0.227. The van der Waals surface area contributed by atoms with Crippen molar-refractivity contribution in [3.63, 3.8) is 0 Å². The molecule has 2 amide bonds. The lowest BCUT2D eigenvalue weighted by Crippen LogP contribution is -2.42. The monoisotopic (exact) mass is 368 g/mol. The van der Waals surface area contributed by atoms with Crippen molar-refractivity contribution in [1.82, 2.24) is 9.96 Å². The lowest BCUT2D eigenvalue weighted by atomic mass is 10.1. The van der Waals surface area contributed by atoms with E-state index < -0.39 is 23.8 Å². The third-order valence-electron chi connectivity index (χ3n) is 4.87. The molecule has 2 aromatic rings. The van der Waals surface area contributed by atoms with Gasteiger partial charge >= 0.3 is 5.97 Å². The highest BCUT2D eigenvalue weighted by atomic mass is 19.1. The number of imide groups is 1. The Labute approximate surface area is 155 Å². The van der Waals surface area contributed by atoms with E-state index in [1.165, 1.54) is 24.3 Å². The van der Waals surface area contributed by atoms with E-state index in [-0.39, 0.29) is 16.9 Å². The molecule has 138 valence electrons. The second-order valence-corrected chi connectivity index (χ2v) is 6.62. The largest absolute Gasteiger partial charge is 0.350 e. The number of benzene rings is 2. The molecular weight excluding hydrogens is 351 g/mol. The van der Waals surface area contributed by atoms with Crippen molar-refractivity contribution in [1.29, 1.82) is 0 Å². The van der Waals surface area contributed by atoms with E-state index in [1.54, 1.807) is 24.3 Å². The molecule has 1 fully saturated rings. The van der Waals surface area contributed by atoms with Gasteiger partial charge in [0.15, 0.2) is 0 Å². The number of amides is 2. The van der Waals surface area contributed by atoms with Crippen LogP contribution >= 0.6 is 0 Å². The molecule has 0 radical (unpaired) electrons. The summed E-state index contributed by atoms with van der Waals surface area (Å²) in [7, 11) is 0. The minimum Gasteiger partial charge on any atom is -0.328 e. The number of carbonyl (C=O) groups excluding carboxylic acids is 3. The molecule has 0 bridgehead atoms. The zero-order valence-electron chi connectivity index (χ0n) is 14.4. The Bertz CT molecular complexity index is 877. The minimum atomic E-state index is -0.635. The molecule has 0 spiro atoms. The number of fused-ring (bicyclic) bond motifs is 1. The van der Waals surface area contributed by atoms with Crippen LogP contribution < -0.4 is 0 Å². The maximum absolute atomic E-state index is 13.1. The molecule has 4 rings (SSSR count). The number of carbonyl (C=O) groups is 3. The maximum Gasteiger partial charge on any atom is 0.350 e. The standard InChI is InChI=1S/C20H17FN2O4/c21-14-9-7-13(8-10-14)12-22-11-3-6-17(22)20(26)27-23-18(24)15-4-1-2-5-16(15)19(23)25/h1-2,4-5,7-10,17H,3,6,11-12H2. The van der Waals surface area contributed by atoms with E-state index in [1.807, 2.05) is 4.90 Å². The number of nitrogens with zero attached hydrogens (tertiary/aromatic N) is 2. The average Bonchev–Trinajstić information content (AvgIpc) is 3.23. The van der Waals surface area contributed by atoms with Crippen LogP contribution in [0.4, 0.5) is 4.39 Å². The zero-order chi connectivity index (χ0) is 19.0. The van der Waals surface area contributed by atoms with Crippen molar-refractivity contribution in [3.05, 3.63) is 71.0 Å². The van der Waals surface area contributed by atoms with Gasteiger partial charge in [-0.25, -0.2) is 9.18 Å². The summed E-state index contributed by atoms with van der Waals surface area (Å²) < 4.78 is 13.1. The topological polar surface area (TPSA) is 66.9 Å². The van der Waals surface area contributed by atoms with Crippen LogP contribution in [-0.2, 0) is 16.2 Å². The smallest absolute Gasteiger partial charge is 0.328 e. The number of halogens is 1. The Kier molecular flexibility index (Phi) is 4.45. The van der Waals surface area contributed by atoms with Gasteiger partial charge in [-0.3, -0.25) is 14.5 Å². The van der Waals surface area contributed by atoms with Crippen LogP contribution in [0.25, 0.3) is 0 Å². The van der Waals surface area contributed by atoms with Crippen molar-refractivity contribution in [2.45, 2.75) is 25.4 Å². The molecule has 0 N–H and O–H groups in total. The first-order valence-electron chi connectivity index (χ1n) is 8.73. The fraction of sp³-hybridized carbons (Fsp3) is 0.250. The summed E-state index contributed by atoms with van der Waals surface area (Å²) in [6, 6.07) is 11.9. The van der Waals surface area contributed by atoms with Crippen LogP contribution in [-0.4, -0.2) is 40.3 Å². The van der Waals surface area contributed by atoms with Crippen molar-refractivity contribution in [3.8, 4) is 0 Å². The van der Waals surface area contributed by atoms with E-state index in [2.05, 4.69) is 0 Å². The van der Waals surface area contributed by atoms with E-state index >= 15 is 0 Å². The molecule has 2 aliphatic heterocycles. The SMILES string of the molecule is O=C(ON1C(=O)c2ccccc2C1=O)C1CCCN1Cc1ccc(F)cc1. The van der Waals surface area contributed by atoms with Crippen LogP contribution in [0.15, 0.2) is 48.5 Å². The van der Waals surface area contributed by atoms with Gasteiger partial charge < -0.3 is 4.84 Å². The molecule has 0 aliphatic carbocycles. The summed E-state index contributed by atoms with van der Waals surface area (Å²) in [5.41, 5.74) is 1.33. The van der Waals surface area contributed by atoms with Crippen LogP contribution in [0.2, 0.25) is 0 Å². The fourth-order valence-corrected chi connectivity index (χ4v) is 3.51. The molecule has 2 heterocycles. The Morgan fingerprint density at radius 1 is 1.04 bits per heavy atom. The summed E-state index contributed by atoms with van der Waals surface area (Å²) in [6.07, 6.45) is 1.37. The van der Waals surface area contributed by atoms with Crippen molar-refractivity contribution in [2.24, 2.45) is 0 Å². The molecule has 1 unspecified atom stereocenters. The normalized spacial score (nSPS) is 19.4. The first kappa shape index (κ1) is 17.4. The van der Waals surface area contributed by atoms with Gasteiger partial charge in [-0.05, 0) is 49.2 Å². The van der Waals surface area contributed by atoms with E-state index in [0.29, 0.717) is 24.6 Å². The summed E-state index contributed by atoms with van der Waals surface area (Å²) >= 11 is 0. The first-order chi connectivity index (χ1) is 13.0. The van der Waals surface area contributed by atoms with Gasteiger partial charge in [-0.1, -0.05) is 29.3 Å². The lowest BCUT2D eigenvalue weighted by Gasteiger charge is -2.24. The third kappa shape index (κ3) is 3.21. The Balaban J connectivity index is 1.45. The van der Waals surface area contributed by atoms with Gasteiger partial charge in [0.2, 0.25) is 0 Å². The van der Waals surface area contributed by atoms with Crippen LogP contribution in [0.5, 0.6) is 0 Å². The molecule has 2 aliphatic rings. The number of hydrogen-bond acceptors (Lipinski definition) is 5. The molecule has 1 atom stereocenters. The molecule has 1 saturated heterocycles. The van der Waals surface area contributed by atoms with Gasteiger partial charge in [0.1, 0.15) is 11.9 Å². The van der Waals surface area contributed by atoms with E-state index in [9.17, 15) is 18.8 Å². The van der Waals surface area contributed by atoms with Crippen molar-refractivity contribution >= 4 is 17.8 Å². The average molecular weight is 368 g/mol. The second-order valence-electron chi connectivity index (χ2n) is 6.62. The highest BCUT2D eigenvalue weighted by molar-refractivity contribution is 6.20. The molecule has 0 saturated carbocycles. The first-order valence-corrected chi connectivity index (χ1v) is 8.73. The maximum atomic E-state index is 13.1. The summed E-state index contributed by atoms with van der Waals surface area (Å²) in [5.74, 6) is -2.22. The Morgan fingerprint density at radius 2 is 1.67 bits per heavy atom. The predicted molar refractivity (Wildman–Crippen MR) is 92.9 cm³/mol. The van der Waals surface area contributed by atoms with Crippen LogP contribution in [0, 0.1) is 5.82 Å². The number of hydrogen-bond donors (Lipinski definition) is 0. The van der Waals surface area contributed by atoms with Crippen LogP contribution in [0.3, 0.4) is 0 Å². The van der Waals surface area contributed by atoms with Gasteiger partial charge in [0.25, 0.3) is 11.8 Å². The lowest BCUT2D eigenvalue weighted by molar-refractivity contribution is -0.174. The highest BCUT2D eigenvalue weighted by Gasteiger charge is 2.41.